The van der Waals surface area contributed by atoms with E-state index in [9.17, 15) is 0 Å². The zero-order valence-electron chi connectivity index (χ0n) is 13.1. The summed E-state index contributed by atoms with van der Waals surface area (Å²) in [7, 11) is 2.11. The van der Waals surface area contributed by atoms with Gasteiger partial charge in [0.2, 0.25) is 5.95 Å². The fourth-order valence-corrected chi connectivity index (χ4v) is 2.88. The number of anilines is 1. The number of likely N-dealkylation sites (N-methyl/N-ethyl adjacent to an activating group) is 1. The molecular formula is C16H22N6. The Morgan fingerprint density at radius 1 is 1.36 bits per heavy atom. The lowest BCUT2D eigenvalue weighted by Gasteiger charge is -2.27. The molecule has 0 aliphatic carbocycles. The zero-order valence-corrected chi connectivity index (χ0v) is 13.1. The highest BCUT2D eigenvalue weighted by Crippen LogP contribution is 2.16. The average molecular weight is 298 g/mol. The molecule has 1 saturated heterocycles. The largest absolute Gasteiger partial charge is 0.370 e. The first-order chi connectivity index (χ1) is 10.6. The number of fused-ring (bicyclic) bond motifs is 1. The van der Waals surface area contributed by atoms with Gasteiger partial charge >= 0.3 is 0 Å². The number of nitrogens with zero attached hydrogens (tertiary/aromatic N) is 4. The Bertz CT molecular complexity index is 696. The van der Waals surface area contributed by atoms with Gasteiger partial charge in [-0.2, -0.15) is 0 Å². The molecule has 2 aromatic rings. The number of benzene rings is 1. The van der Waals surface area contributed by atoms with Gasteiger partial charge in [0, 0.05) is 11.9 Å². The van der Waals surface area contributed by atoms with Crippen LogP contribution in [0.4, 0.5) is 5.95 Å². The van der Waals surface area contributed by atoms with Crippen LogP contribution in [0.15, 0.2) is 29.3 Å². The van der Waals surface area contributed by atoms with Crippen molar-refractivity contribution in [2.24, 2.45) is 10.7 Å². The van der Waals surface area contributed by atoms with Crippen LogP contribution in [0.2, 0.25) is 0 Å². The molecule has 0 amide bonds. The molecule has 6 heteroatoms. The molecule has 1 aliphatic rings. The van der Waals surface area contributed by atoms with Crippen LogP contribution in [0.1, 0.15) is 18.5 Å². The lowest BCUT2D eigenvalue weighted by atomic mass is 10.1. The standard InChI is InChI=1S/C16H22N6/c1-11-13-7-3-4-8-14(13)20-16(18-11)21-15(17)19-12-6-5-9-22(2)10-12/h3-4,7-8,12H,5-6,9-10H2,1-2H3,(H3,17,18,19,20,21). The van der Waals surface area contributed by atoms with Gasteiger partial charge in [-0.1, -0.05) is 18.2 Å². The third-order valence-corrected chi connectivity index (χ3v) is 3.95. The Labute approximate surface area is 130 Å². The van der Waals surface area contributed by atoms with Crippen LogP contribution in [0.3, 0.4) is 0 Å². The maximum Gasteiger partial charge on any atom is 0.230 e. The summed E-state index contributed by atoms with van der Waals surface area (Å²) >= 11 is 0. The van der Waals surface area contributed by atoms with E-state index in [2.05, 4.69) is 32.2 Å². The first-order valence-electron chi connectivity index (χ1n) is 7.64. The molecule has 0 spiro atoms. The van der Waals surface area contributed by atoms with Crippen molar-refractivity contribution >= 4 is 22.8 Å². The number of piperidine rings is 1. The van der Waals surface area contributed by atoms with Crippen molar-refractivity contribution in [2.45, 2.75) is 25.8 Å². The molecule has 1 atom stereocenters. The normalized spacial score (nSPS) is 20.3. The van der Waals surface area contributed by atoms with Crippen molar-refractivity contribution in [1.29, 1.82) is 0 Å². The Balaban J connectivity index is 1.77. The molecular weight excluding hydrogens is 276 g/mol. The number of likely N-dealkylation sites (tertiary alicyclic amines) is 1. The van der Waals surface area contributed by atoms with Crippen LogP contribution in [-0.4, -0.2) is 47.0 Å². The Kier molecular flexibility index (Phi) is 4.20. The third kappa shape index (κ3) is 3.33. The van der Waals surface area contributed by atoms with E-state index in [1.807, 2.05) is 31.2 Å². The van der Waals surface area contributed by atoms with Crippen molar-refractivity contribution in [3.8, 4) is 0 Å². The molecule has 0 radical (unpaired) electrons. The van der Waals surface area contributed by atoms with Gasteiger partial charge in [0.05, 0.1) is 17.3 Å². The first kappa shape index (κ1) is 14.7. The summed E-state index contributed by atoms with van der Waals surface area (Å²) in [4.78, 5) is 15.8. The number of guanidine groups is 1. The van der Waals surface area contributed by atoms with Gasteiger partial charge in [-0.05, 0) is 39.4 Å². The Morgan fingerprint density at radius 2 is 2.18 bits per heavy atom. The summed E-state index contributed by atoms with van der Waals surface area (Å²) in [5, 5.41) is 4.08. The van der Waals surface area contributed by atoms with Crippen LogP contribution >= 0.6 is 0 Å². The topological polar surface area (TPSA) is 79.4 Å². The number of aromatic nitrogens is 2. The van der Waals surface area contributed by atoms with Crippen molar-refractivity contribution in [2.75, 3.05) is 25.5 Å². The summed E-state index contributed by atoms with van der Waals surface area (Å²) in [6.07, 6.45) is 2.23. The number of aryl methyl sites for hydroxylation is 1. The summed E-state index contributed by atoms with van der Waals surface area (Å²) in [5.74, 6) is 0.886. The lowest BCUT2D eigenvalue weighted by Crippen LogP contribution is -2.36. The number of hydrogen-bond acceptors (Lipinski definition) is 4. The van der Waals surface area contributed by atoms with Crippen LogP contribution < -0.4 is 11.1 Å². The fourth-order valence-electron chi connectivity index (χ4n) is 2.88. The van der Waals surface area contributed by atoms with Crippen molar-refractivity contribution in [3.05, 3.63) is 30.0 Å². The maximum atomic E-state index is 6.02. The lowest BCUT2D eigenvalue weighted by molar-refractivity contribution is 0.253. The predicted molar refractivity (Wildman–Crippen MR) is 90.0 cm³/mol. The first-order valence-corrected chi connectivity index (χ1v) is 7.64. The summed E-state index contributed by atoms with van der Waals surface area (Å²) in [6, 6.07) is 8.19. The predicted octanol–water partition coefficient (Wildman–Crippen LogP) is 1.76. The Hall–Kier alpha value is -2.21. The van der Waals surface area contributed by atoms with Crippen LogP contribution in [0, 0.1) is 6.92 Å². The van der Waals surface area contributed by atoms with Gasteiger partial charge in [-0.3, -0.25) is 5.32 Å². The van der Waals surface area contributed by atoms with Crippen LogP contribution in [-0.2, 0) is 0 Å². The average Bonchev–Trinajstić information content (AvgIpc) is 2.47. The van der Waals surface area contributed by atoms with Gasteiger partial charge in [0.15, 0.2) is 5.96 Å². The van der Waals surface area contributed by atoms with E-state index < -0.39 is 0 Å². The number of hydrogen-bond donors (Lipinski definition) is 2. The quantitative estimate of drug-likeness (QED) is 0.652. The molecule has 1 aromatic heterocycles. The molecule has 116 valence electrons. The van der Waals surface area contributed by atoms with Gasteiger partial charge < -0.3 is 10.6 Å². The zero-order chi connectivity index (χ0) is 15.5. The van der Waals surface area contributed by atoms with Gasteiger partial charge in [0.1, 0.15) is 0 Å². The smallest absolute Gasteiger partial charge is 0.230 e. The Morgan fingerprint density at radius 3 is 3.00 bits per heavy atom. The fraction of sp³-hybridized carbons (Fsp3) is 0.438. The monoisotopic (exact) mass is 298 g/mol. The maximum absolute atomic E-state index is 6.02. The highest BCUT2D eigenvalue weighted by molar-refractivity contribution is 5.92. The minimum Gasteiger partial charge on any atom is -0.370 e. The van der Waals surface area contributed by atoms with Crippen molar-refractivity contribution < 1.29 is 0 Å². The van der Waals surface area contributed by atoms with E-state index in [1.54, 1.807) is 0 Å². The second-order valence-electron chi connectivity index (χ2n) is 5.85. The molecule has 1 unspecified atom stereocenters. The molecule has 22 heavy (non-hydrogen) atoms. The molecule has 6 nitrogen and oxygen atoms in total. The summed E-state index contributed by atoms with van der Waals surface area (Å²) in [5.41, 5.74) is 7.85. The van der Waals surface area contributed by atoms with E-state index in [0.29, 0.717) is 11.9 Å². The molecule has 1 fully saturated rings. The van der Waals surface area contributed by atoms with E-state index in [0.717, 1.165) is 42.5 Å². The number of nitrogens with one attached hydrogen (secondary N) is 1. The molecule has 1 aliphatic heterocycles. The van der Waals surface area contributed by atoms with E-state index in [-0.39, 0.29) is 6.04 Å². The van der Waals surface area contributed by atoms with Crippen molar-refractivity contribution in [1.82, 2.24) is 14.9 Å². The number of nitrogens with two attached hydrogens (primary N) is 1. The number of para-hydroxylation sites is 1. The van der Waals surface area contributed by atoms with E-state index >= 15 is 0 Å². The van der Waals surface area contributed by atoms with Gasteiger partial charge in [-0.25, -0.2) is 15.0 Å². The van der Waals surface area contributed by atoms with Crippen LogP contribution in [0.25, 0.3) is 10.9 Å². The van der Waals surface area contributed by atoms with Crippen molar-refractivity contribution in [3.63, 3.8) is 0 Å². The van der Waals surface area contributed by atoms with Crippen LogP contribution in [0.5, 0.6) is 0 Å². The minimum atomic E-state index is 0.243. The second-order valence-corrected chi connectivity index (χ2v) is 5.85. The second kappa shape index (κ2) is 6.27. The van der Waals surface area contributed by atoms with Gasteiger partial charge in [-0.15, -0.1) is 0 Å². The summed E-state index contributed by atoms with van der Waals surface area (Å²) < 4.78 is 0. The summed E-state index contributed by atoms with van der Waals surface area (Å²) in [6.45, 7) is 4.05. The minimum absolute atomic E-state index is 0.243. The number of aliphatic imine (C=N–C) groups is 1. The van der Waals surface area contributed by atoms with Gasteiger partial charge in [0.25, 0.3) is 0 Å². The molecule has 3 N–H and O–H groups in total. The molecule has 1 aromatic carbocycles. The van der Waals surface area contributed by atoms with E-state index in [4.69, 9.17) is 5.73 Å². The highest BCUT2D eigenvalue weighted by Gasteiger charge is 2.16. The molecule has 0 saturated carbocycles. The third-order valence-electron chi connectivity index (χ3n) is 3.95. The molecule has 3 rings (SSSR count). The molecule has 2 heterocycles. The number of rotatable bonds is 2. The molecule has 0 bridgehead atoms. The SMILES string of the molecule is Cc1nc(NC(N)=NC2CCCN(C)C2)nc2ccccc12. The highest BCUT2D eigenvalue weighted by atomic mass is 15.2. The van der Waals surface area contributed by atoms with E-state index in [1.165, 1.54) is 0 Å².